The van der Waals surface area contributed by atoms with Gasteiger partial charge in [0, 0.05) is 6.04 Å². The van der Waals surface area contributed by atoms with E-state index in [1.807, 2.05) is 0 Å². The Labute approximate surface area is 124 Å². The van der Waals surface area contributed by atoms with E-state index >= 15 is 0 Å². The first-order chi connectivity index (χ1) is 9.52. The lowest BCUT2D eigenvalue weighted by atomic mass is 10.0. The van der Waals surface area contributed by atoms with E-state index in [0.717, 1.165) is 25.3 Å². The van der Waals surface area contributed by atoms with Crippen LogP contribution in [0.1, 0.15) is 64.0 Å². The molecule has 0 aliphatic carbocycles. The summed E-state index contributed by atoms with van der Waals surface area (Å²) >= 11 is 0. The molecule has 1 aromatic carbocycles. The van der Waals surface area contributed by atoms with E-state index in [-0.39, 0.29) is 0 Å². The number of hydrogen-bond donors (Lipinski definition) is 1. The third kappa shape index (κ3) is 6.42. The SMILES string of the molecule is CC[C@@H](C)NCCCCOc1cc(C)cc(C(C)C)c1. The van der Waals surface area contributed by atoms with Gasteiger partial charge in [0.05, 0.1) is 6.61 Å². The van der Waals surface area contributed by atoms with Crippen LogP contribution in [0, 0.1) is 6.92 Å². The molecular weight excluding hydrogens is 246 g/mol. The lowest BCUT2D eigenvalue weighted by Gasteiger charge is -2.13. The van der Waals surface area contributed by atoms with Gasteiger partial charge in [-0.25, -0.2) is 0 Å². The zero-order valence-corrected chi connectivity index (χ0v) is 13.8. The summed E-state index contributed by atoms with van der Waals surface area (Å²) in [5.41, 5.74) is 2.64. The topological polar surface area (TPSA) is 21.3 Å². The average Bonchev–Trinajstić information content (AvgIpc) is 2.41. The predicted molar refractivity (Wildman–Crippen MR) is 87.8 cm³/mol. The maximum Gasteiger partial charge on any atom is 0.119 e. The Morgan fingerprint density at radius 1 is 1.10 bits per heavy atom. The van der Waals surface area contributed by atoms with Gasteiger partial charge < -0.3 is 10.1 Å². The Kier molecular flexibility index (Phi) is 7.68. The maximum absolute atomic E-state index is 5.88. The molecule has 20 heavy (non-hydrogen) atoms. The second-order valence-electron chi connectivity index (χ2n) is 6.05. The fourth-order valence-electron chi connectivity index (χ4n) is 2.10. The third-order valence-corrected chi connectivity index (χ3v) is 3.68. The van der Waals surface area contributed by atoms with Crippen LogP contribution in [0.15, 0.2) is 18.2 Å². The van der Waals surface area contributed by atoms with Crippen LogP contribution in [0.4, 0.5) is 0 Å². The highest BCUT2D eigenvalue weighted by Crippen LogP contribution is 2.22. The maximum atomic E-state index is 5.88. The zero-order chi connectivity index (χ0) is 15.0. The molecule has 0 saturated carbocycles. The third-order valence-electron chi connectivity index (χ3n) is 3.68. The molecule has 0 aromatic heterocycles. The molecule has 2 nitrogen and oxygen atoms in total. The molecule has 0 fully saturated rings. The van der Waals surface area contributed by atoms with Crippen molar-refractivity contribution in [2.45, 2.75) is 65.8 Å². The Morgan fingerprint density at radius 3 is 2.50 bits per heavy atom. The van der Waals surface area contributed by atoms with Gasteiger partial charge in [0.2, 0.25) is 0 Å². The zero-order valence-electron chi connectivity index (χ0n) is 13.8. The molecule has 0 amide bonds. The molecule has 0 aliphatic rings. The monoisotopic (exact) mass is 277 g/mol. The molecule has 0 unspecified atom stereocenters. The number of benzene rings is 1. The van der Waals surface area contributed by atoms with Gasteiger partial charge in [-0.1, -0.05) is 26.8 Å². The van der Waals surface area contributed by atoms with Gasteiger partial charge in [0.15, 0.2) is 0 Å². The Balaban J connectivity index is 2.28. The summed E-state index contributed by atoms with van der Waals surface area (Å²) in [6.45, 7) is 12.9. The smallest absolute Gasteiger partial charge is 0.119 e. The van der Waals surface area contributed by atoms with Gasteiger partial charge in [0.25, 0.3) is 0 Å². The van der Waals surface area contributed by atoms with Crippen LogP contribution >= 0.6 is 0 Å². The number of aryl methyl sites for hydroxylation is 1. The molecule has 2 heteroatoms. The Bertz CT molecular complexity index is 387. The number of unbranched alkanes of at least 4 members (excludes halogenated alkanes) is 1. The highest BCUT2D eigenvalue weighted by atomic mass is 16.5. The van der Waals surface area contributed by atoms with Gasteiger partial charge >= 0.3 is 0 Å². The van der Waals surface area contributed by atoms with Crippen molar-refractivity contribution in [1.29, 1.82) is 0 Å². The summed E-state index contributed by atoms with van der Waals surface area (Å²) in [4.78, 5) is 0. The van der Waals surface area contributed by atoms with Gasteiger partial charge in [-0.15, -0.1) is 0 Å². The summed E-state index contributed by atoms with van der Waals surface area (Å²) in [6.07, 6.45) is 3.47. The van der Waals surface area contributed by atoms with Gasteiger partial charge in [-0.05, 0) is 68.8 Å². The lowest BCUT2D eigenvalue weighted by Crippen LogP contribution is -2.26. The van der Waals surface area contributed by atoms with Crippen LogP contribution in [-0.4, -0.2) is 19.2 Å². The summed E-state index contributed by atoms with van der Waals surface area (Å²) in [5.74, 6) is 1.57. The van der Waals surface area contributed by atoms with E-state index in [0.29, 0.717) is 12.0 Å². The van der Waals surface area contributed by atoms with Crippen LogP contribution in [0.25, 0.3) is 0 Å². The molecule has 0 heterocycles. The quantitative estimate of drug-likeness (QED) is 0.663. The van der Waals surface area contributed by atoms with E-state index in [2.05, 4.69) is 58.1 Å². The van der Waals surface area contributed by atoms with Crippen molar-refractivity contribution >= 4 is 0 Å². The molecule has 0 radical (unpaired) electrons. The summed E-state index contributed by atoms with van der Waals surface area (Å²) in [5, 5.41) is 3.51. The van der Waals surface area contributed by atoms with Crippen LogP contribution in [0.5, 0.6) is 5.75 Å². The minimum atomic E-state index is 0.553. The van der Waals surface area contributed by atoms with Crippen LogP contribution in [-0.2, 0) is 0 Å². The Hall–Kier alpha value is -1.02. The number of hydrogen-bond acceptors (Lipinski definition) is 2. The first-order valence-corrected chi connectivity index (χ1v) is 8.00. The largest absolute Gasteiger partial charge is 0.494 e. The van der Waals surface area contributed by atoms with E-state index in [4.69, 9.17) is 4.74 Å². The van der Waals surface area contributed by atoms with Crippen molar-refractivity contribution in [3.05, 3.63) is 29.3 Å². The summed E-state index contributed by atoms with van der Waals surface area (Å²) in [7, 11) is 0. The molecule has 0 aliphatic heterocycles. The summed E-state index contributed by atoms with van der Waals surface area (Å²) < 4.78 is 5.88. The fourth-order valence-corrected chi connectivity index (χ4v) is 2.10. The molecule has 0 bridgehead atoms. The first-order valence-electron chi connectivity index (χ1n) is 8.00. The van der Waals surface area contributed by atoms with Gasteiger partial charge in [-0.2, -0.15) is 0 Å². The van der Waals surface area contributed by atoms with E-state index in [1.165, 1.54) is 24.0 Å². The number of ether oxygens (including phenoxy) is 1. The number of rotatable bonds is 9. The second-order valence-corrected chi connectivity index (χ2v) is 6.05. The lowest BCUT2D eigenvalue weighted by molar-refractivity contribution is 0.304. The average molecular weight is 277 g/mol. The summed E-state index contributed by atoms with van der Waals surface area (Å²) in [6, 6.07) is 7.17. The van der Waals surface area contributed by atoms with Gasteiger partial charge in [-0.3, -0.25) is 0 Å². The second kappa shape index (κ2) is 9.02. The van der Waals surface area contributed by atoms with E-state index in [1.54, 1.807) is 0 Å². The van der Waals surface area contributed by atoms with Crippen molar-refractivity contribution in [3.63, 3.8) is 0 Å². The molecule has 1 rings (SSSR count). The molecule has 0 spiro atoms. The fraction of sp³-hybridized carbons (Fsp3) is 0.667. The van der Waals surface area contributed by atoms with Crippen LogP contribution < -0.4 is 10.1 Å². The van der Waals surface area contributed by atoms with Crippen molar-refractivity contribution < 1.29 is 4.74 Å². The van der Waals surface area contributed by atoms with E-state index in [9.17, 15) is 0 Å². The van der Waals surface area contributed by atoms with Crippen LogP contribution in [0.2, 0.25) is 0 Å². The number of nitrogens with one attached hydrogen (secondary N) is 1. The molecule has 1 aromatic rings. The van der Waals surface area contributed by atoms with Crippen molar-refractivity contribution in [1.82, 2.24) is 5.32 Å². The predicted octanol–water partition coefficient (Wildman–Crippen LogP) is 4.67. The Morgan fingerprint density at radius 2 is 1.85 bits per heavy atom. The molecular formula is C18H31NO. The molecule has 1 atom stereocenters. The van der Waals surface area contributed by atoms with Crippen molar-refractivity contribution in [3.8, 4) is 5.75 Å². The normalized spacial score (nSPS) is 12.7. The molecule has 1 N–H and O–H groups in total. The van der Waals surface area contributed by atoms with Crippen LogP contribution in [0.3, 0.4) is 0 Å². The molecule has 114 valence electrons. The van der Waals surface area contributed by atoms with Crippen molar-refractivity contribution in [2.24, 2.45) is 0 Å². The standard InChI is InChI=1S/C18H31NO/c1-6-16(5)19-9-7-8-10-20-18-12-15(4)11-17(13-18)14(2)3/h11-14,16,19H,6-10H2,1-5H3/t16-/m1/s1. The molecule has 0 saturated heterocycles. The van der Waals surface area contributed by atoms with Crippen molar-refractivity contribution in [2.75, 3.05) is 13.2 Å². The minimum absolute atomic E-state index is 0.553. The highest BCUT2D eigenvalue weighted by molar-refractivity contribution is 5.35. The highest BCUT2D eigenvalue weighted by Gasteiger charge is 2.03. The minimum Gasteiger partial charge on any atom is -0.494 e. The first kappa shape index (κ1) is 17.0. The van der Waals surface area contributed by atoms with E-state index < -0.39 is 0 Å². The van der Waals surface area contributed by atoms with Gasteiger partial charge in [0.1, 0.15) is 5.75 Å².